The molecule has 6 N–H and O–H groups in total. The van der Waals surface area contributed by atoms with Crippen LogP contribution in [0.25, 0.3) is 21.8 Å². The molecule has 0 aliphatic rings. The number of unbranched alkanes of at least 4 members (excludes halogenated alkanes) is 1. The molecule has 0 radical (unpaired) electrons. The summed E-state index contributed by atoms with van der Waals surface area (Å²) in [5.41, 5.74) is 15.8. The molecule has 0 amide bonds. The fourth-order valence-corrected chi connectivity index (χ4v) is 4.82. The Labute approximate surface area is 220 Å². The Hall–Kier alpha value is -4.72. The van der Waals surface area contributed by atoms with E-state index in [-0.39, 0.29) is 17.2 Å². The third-order valence-corrected chi connectivity index (χ3v) is 6.85. The van der Waals surface area contributed by atoms with Crippen LogP contribution in [0.2, 0.25) is 0 Å². The molecule has 3 aromatic carbocycles. The molecule has 0 saturated heterocycles. The Bertz CT molecular complexity index is 1750. The Morgan fingerprint density at radius 3 is 2.37 bits per heavy atom. The number of amidine groups is 2. The second kappa shape index (κ2) is 10.3. The second-order valence-electron chi connectivity index (χ2n) is 9.62. The van der Waals surface area contributed by atoms with Crippen molar-refractivity contribution in [3.63, 3.8) is 0 Å². The van der Waals surface area contributed by atoms with Crippen LogP contribution in [0, 0.1) is 10.8 Å². The summed E-state index contributed by atoms with van der Waals surface area (Å²) in [6, 6.07) is 21.3. The molecule has 0 spiro atoms. The first kappa shape index (κ1) is 25.0. The third-order valence-electron chi connectivity index (χ3n) is 6.85. The maximum absolute atomic E-state index is 13.8. The van der Waals surface area contributed by atoms with E-state index >= 15 is 0 Å². The van der Waals surface area contributed by atoms with Gasteiger partial charge in [0.2, 0.25) is 0 Å². The minimum Gasteiger partial charge on any atom is -0.384 e. The summed E-state index contributed by atoms with van der Waals surface area (Å²) < 4.78 is 3.73. The number of aromatic nitrogens is 3. The van der Waals surface area contributed by atoms with Crippen LogP contribution in [-0.2, 0) is 19.5 Å². The summed E-state index contributed by atoms with van der Waals surface area (Å²) in [5.74, 6) is 0.932. The van der Waals surface area contributed by atoms with Crippen molar-refractivity contribution in [2.45, 2.75) is 39.3 Å². The lowest BCUT2D eigenvalue weighted by Gasteiger charge is -2.12. The number of nitrogens with zero attached hydrogens (tertiary/aromatic N) is 3. The normalized spacial score (nSPS) is 11.3. The van der Waals surface area contributed by atoms with Gasteiger partial charge in [-0.1, -0.05) is 55.8 Å². The summed E-state index contributed by atoms with van der Waals surface area (Å²) in [6.07, 6.45) is 4.58. The number of nitrogens with two attached hydrogens (primary N) is 2. The molecule has 0 unspecified atom stereocenters. The Kier molecular flexibility index (Phi) is 6.79. The highest BCUT2D eigenvalue weighted by Crippen LogP contribution is 2.22. The van der Waals surface area contributed by atoms with Crippen molar-refractivity contribution in [1.29, 1.82) is 10.8 Å². The van der Waals surface area contributed by atoms with E-state index in [4.69, 9.17) is 27.3 Å². The quantitative estimate of drug-likeness (QED) is 0.175. The molecule has 192 valence electrons. The number of aryl methyl sites for hydroxylation is 1. The number of pyridine rings is 1. The van der Waals surface area contributed by atoms with E-state index in [2.05, 4.69) is 25.1 Å². The van der Waals surface area contributed by atoms with Crippen molar-refractivity contribution < 1.29 is 0 Å². The van der Waals surface area contributed by atoms with Gasteiger partial charge in [-0.25, -0.2) is 4.98 Å². The summed E-state index contributed by atoms with van der Waals surface area (Å²) in [4.78, 5) is 18.6. The molecule has 2 heterocycles. The van der Waals surface area contributed by atoms with Gasteiger partial charge in [-0.2, -0.15) is 0 Å². The van der Waals surface area contributed by atoms with Gasteiger partial charge in [0.15, 0.2) is 0 Å². The van der Waals surface area contributed by atoms with Crippen molar-refractivity contribution in [2.75, 3.05) is 0 Å². The van der Waals surface area contributed by atoms with E-state index in [1.54, 1.807) is 16.8 Å². The van der Waals surface area contributed by atoms with Gasteiger partial charge in [0.05, 0.1) is 12.1 Å². The Morgan fingerprint density at radius 1 is 0.868 bits per heavy atom. The van der Waals surface area contributed by atoms with Gasteiger partial charge in [-0.05, 0) is 52.6 Å². The standard InChI is InChI=1S/C30H31N7O/c1-2-3-7-26-35-25-12-13-36(17-19-5-4-6-22(14-19)28(31)32)30(38)27(25)37(26)18-20-8-9-21-10-11-23(29(33)34)16-24(21)15-20/h4-6,8-16H,2-3,7,17-18H2,1H3,(H3,31,32)(H3,33,34). The molecule has 0 aliphatic carbocycles. The molecule has 38 heavy (non-hydrogen) atoms. The van der Waals surface area contributed by atoms with Crippen LogP contribution < -0.4 is 17.0 Å². The predicted octanol–water partition coefficient (Wildman–Crippen LogP) is 4.36. The molecular weight excluding hydrogens is 474 g/mol. The number of nitrogens with one attached hydrogen (secondary N) is 2. The average Bonchev–Trinajstić information content (AvgIpc) is 3.26. The molecule has 0 fully saturated rings. The van der Waals surface area contributed by atoms with Gasteiger partial charge in [0, 0.05) is 30.3 Å². The van der Waals surface area contributed by atoms with Crippen LogP contribution in [0.15, 0.2) is 77.7 Å². The van der Waals surface area contributed by atoms with Crippen molar-refractivity contribution in [3.8, 4) is 0 Å². The first-order chi connectivity index (χ1) is 18.3. The van der Waals surface area contributed by atoms with Crippen LogP contribution in [0.3, 0.4) is 0 Å². The molecule has 2 aromatic heterocycles. The van der Waals surface area contributed by atoms with Gasteiger partial charge >= 0.3 is 0 Å². The lowest BCUT2D eigenvalue weighted by molar-refractivity contribution is 0.684. The minimum absolute atomic E-state index is 0.000833. The number of hydrogen-bond acceptors (Lipinski definition) is 4. The fourth-order valence-electron chi connectivity index (χ4n) is 4.82. The van der Waals surface area contributed by atoms with Gasteiger partial charge in [-0.3, -0.25) is 15.6 Å². The number of hydrogen-bond donors (Lipinski definition) is 4. The predicted molar refractivity (Wildman–Crippen MR) is 153 cm³/mol. The Balaban J connectivity index is 1.58. The molecule has 0 bridgehead atoms. The van der Waals surface area contributed by atoms with Gasteiger partial charge < -0.3 is 20.6 Å². The molecule has 5 aromatic rings. The first-order valence-corrected chi connectivity index (χ1v) is 12.7. The molecule has 8 heteroatoms. The van der Waals surface area contributed by atoms with Crippen molar-refractivity contribution >= 4 is 33.5 Å². The van der Waals surface area contributed by atoms with Crippen molar-refractivity contribution in [1.82, 2.24) is 14.1 Å². The lowest BCUT2D eigenvalue weighted by Crippen LogP contribution is -2.23. The smallest absolute Gasteiger partial charge is 0.277 e. The summed E-state index contributed by atoms with van der Waals surface area (Å²) in [7, 11) is 0. The van der Waals surface area contributed by atoms with Gasteiger partial charge in [-0.15, -0.1) is 0 Å². The van der Waals surface area contributed by atoms with Crippen molar-refractivity contribution in [2.24, 2.45) is 11.5 Å². The minimum atomic E-state index is -0.106. The summed E-state index contributed by atoms with van der Waals surface area (Å²) in [5, 5.41) is 17.6. The number of imidazole rings is 1. The van der Waals surface area contributed by atoms with Crippen LogP contribution in [0.5, 0.6) is 0 Å². The second-order valence-corrected chi connectivity index (χ2v) is 9.62. The summed E-state index contributed by atoms with van der Waals surface area (Å²) >= 11 is 0. The SMILES string of the molecule is CCCCc1nc2ccn(Cc3cccc(C(=N)N)c3)c(=O)c2n1Cc1ccc2ccc(C(=N)N)cc2c1. The van der Waals surface area contributed by atoms with E-state index in [0.717, 1.165) is 47.0 Å². The molecule has 0 atom stereocenters. The van der Waals surface area contributed by atoms with Crippen LogP contribution in [0.1, 0.15) is 47.8 Å². The number of rotatable bonds is 9. The third kappa shape index (κ3) is 4.93. The number of benzene rings is 3. The highest BCUT2D eigenvalue weighted by molar-refractivity contribution is 5.99. The largest absolute Gasteiger partial charge is 0.384 e. The zero-order chi connectivity index (χ0) is 26.8. The fraction of sp³-hybridized carbons (Fsp3) is 0.200. The Morgan fingerprint density at radius 2 is 1.61 bits per heavy atom. The van der Waals surface area contributed by atoms with Gasteiger partial charge in [0.25, 0.3) is 5.56 Å². The average molecular weight is 506 g/mol. The summed E-state index contributed by atoms with van der Waals surface area (Å²) in [6.45, 7) is 3.02. The number of nitrogen functional groups attached to an aromatic ring is 2. The topological polar surface area (TPSA) is 140 Å². The van der Waals surface area contributed by atoms with Crippen LogP contribution in [-0.4, -0.2) is 25.8 Å². The molecule has 5 rings (SSSR count). The highest BCUT2D eigenvalue weighted by Gasteiger charge is 2.16. The van der Waals surface area contributed by atoms with Crippen LogP contribution in [0.4, 0.5) is 0 Å². The molecule has 8 nitrogen and oxygen atoms in total. The zero-order valence-corrected chi connectivity index (χ0v) is 21.4. The maximum atomic E-state index is 13.8. The molecule has 0 aliphatic heterocycles. The highest BCUT2D eigenvalue weighted by atomic mass is 16.1. The van der Waals surface area contributed by atoms with E-state index in [1.165, 1.54) is 0 Å². The van der Waals surface area contributed by atoms with E-state index in [1.807, 2.05) is 47.0 Å². The monoisotopic (exact) mass is 505 g/mol. The van der Waals surface area contributed by atoms with E-state index < -0.39 is 0 Å². The zero-order valence-electron chi connectivity index (χ0n) is 21.4. The van der Waals surface area contributed by atoms with E-state index in [0.29, 0.717) is 35.2 Å². The van der Waals surface area contributed by atoms with E-state index in [9.17, 15) is 4.79 Å². The maximum Gasteiger partial charge on any atom is 0.277 e. The first-order valence-electron chi connectivity index (χ1n) is 12.7. The lowest BCUT2D eigenvalue weighted by atomic mass is 10.0. The molecular formula is C30H31N7O. The van der Waals surface area contributed by atoms with Gasteiger partial charge in [0.1, 0.15) is 23.0 Å². The van der Waals surface area contributed by atoms with Crippen molar-refractivity contribution in [3.05, 3.63) is 111 Å². The van der Waals surface area contributed by atoms with Crippen LogP contribution >= 0.6 is 0 Å². The molecule has 0 saturated carbocycles. The number of fused-ring (bicyclic) bond motifs is 2.